The van der Waals surface area contributed by atoms with E-state index in [0.29, 0.717) is 0 Å². The zero-order chi connectivity index (χ0) is 14.6. The molecule has 2 rings (SSSR count). The van der Waals surface area contributed by atoms with Crippen LogP contribution in [0.3, 0.4) is 0 Å². The largest absolute Gasteiger partial charge is 0.409 e. The normalized spacial score (nSPS) is 19.6. The molecule has 1 fully saturated rings. The monoisotopic (exact) mass is 275 g/mol. The third-order valence-corrected chi connectivity index (χ3v) is 3.94. The molecule has 20 heavy (non-hydrogen) atoms. The Bertz CT molecular complexity index is 493. The number of hydrogen-bond donors (Lipinski definition) is 3. The van der Waals surface area contributed by atoms with Crippen LogP contribution in [-0.2, 0) is 4.79 Å². The number of nitrogens with one attached hydrogen (secondary N) is 1. The maximum absolute atomic E-state index is 12.5. The molecule has 1 aliphatic carbocycles. The fourth-order valence-corrected chi connectivity index (χ4v) is 2.81. The summed E-state index contributed by atoms with van der Waals surface area (Å²) >= 11 is 0. The Labute approximate surface area is 118 Å². The van der Waals surface area contributed by atoms with Gasteiger partial charge in [-0.25, -0.2) is 0 Å². The first-order chi connectivity index (χ1) is 9.56. The minimum atomic E-state index is -0.751. The maximum Gasteiger partial charge on any atom is 0.235 e. The summed E-state index contributed by atoms with van der Waals surface area (Å²) in [6.07, 6.45) is 4.18. The zero-order valence-corrected chi connectivity index (χ0v) is 11.7. The summed E-state index contributed by atoms with van der Waals surface area (Å²) in [6.45, 7) is 2.05. The van der Waals surface area contributed by atoms with Gasteiger partial charge in [0.1, 0.15) is 5.92 Å². The first-order valence-electron chi connectivity index (χ1n) is 6.90. The van der Waals surface area contributed by atoms with Gasteiger partial charge in [0.2, 0.25) is 5.91 Å². The van der Waals surface area contributed by atoms with E-state index >= 15 is 0 Å². The van der Waals surface area contributed by atoms with Gasteiger partial charge in [-0.1, -0.05) is 48.3 Å². The van der Waals surface area contributed by atoms with Crippen molar-refractivity contribution in [3.8, 4) is 0 Å². The molecule has 0 bridgehead atoms. The molecular formula is C15H21N3O2. The number of hydrogen-bond acceptors (Lipinski definition) is 3. The molecule has 0 aliphatic heterocycles. The Morgan fingerprint density at radius 2 is 1.95 bits per heavy atom. The van der Waals surface area contributed by atoms with Crippen LogP contribution >= 0.6 is 0 Å². The predicted molar refractivity (Wildman–Crippen MR) is 77.6 cm³/mol. The standard InChI is InChI=1S/C15H21N3O2/c1-15(9-5-6-10-15)17-14(19)12(13(16)18-20)11-7-3-2-4-8-11/h2-4,7-8,12,20H,5-6,9-10H2,1H3,(H2,16,18)(H,17,19). The minimum absolute atomic E-state index is 0.0877. The fraction of sp³-hybridized carbons (Fsp3) is 0.467. The number of oxime groups is 1. The van der Waals surface area contributed by atoms with Crippen molar-refractivity contribution in [2.75, 3.05) is 0 Å². The van der Waals surface area contributed by atoms with Gasteiger partial charge in [0.05, 0.1) is 0 Å². The number of carbonyl (C=O) groups excluding carboxylic acids is 1. The van der Waals surface area contributed by atoms with Crippen LogP contribution in [-0.4, -0.2) is 22.5 Å². The van der Waals surface area contributed by atoms with Crippen molar-refractivity contribution >= 4 is 11.7 Å². The summed E-state index contributed by atoms with van der Waals surface area (Å²) in [5.74, 6) is -1.05. The molecule has 0 radical (unpaired) electrons. The van der Waals surface area contributed by atoms with Crippen LogP contribution in [0, 0.1) is 0 Å². The second-order valence-corrected chi connectivity index (χ2v) is 5.63. The smallest absolute Gasteiger partial charge is 0.235 e. The first kappa shape index (κ1) is 14.4. The number of nitrogens with zero attached hydrogens (tertiary/aromatic N) is 1. The second kappa shape index (κ2) is 5.94. The van der Waals surface area contributed by atoms with E-state index in [-0.39, 0.29) is 17.3 Å². The molecule has 108 valence electrons. The van der Waals surface area contributed by atoms with Crippen LogP contribution in [0.15, 0.2) is 35.5 Å². The highest BCUT2D eigenvalue weighted by molar-refractivity contribution is 6.07. The number of carbonyl (C=O) groups is 1. The maximum atomic E-state index is 12.5. The number of nitrogens with two attached hydrogens (primary N) is 1. The molecular weight excluding hydrogens is 254 g/mol. The van der Waals surface area contributed by atoms with Crippen molar-refractivity contribution < 1.29 is 10.0 Å². The van der Waals surface area contributed by atoms with Gasteiger partial charge in [-0.3, -0.25) is 4.79 Å². The van der Waals surface area contributed by atoms with Gasteiger partial charge in [0.15, 0.2) is 5.84 Å². The van der Waals surface area contributed by atoms with Crippen LogP contribution < -0.4 is 11.1 Å². The van der Waals surface area contributed by atoms with Gasteiger partial charge in [-0.15, -0.1) is 0 Å². The molecule has 1 saturated carbocycles. The summed E-state index contributed by atoms with van der Waals surface area (Å²) in [7, 11) is 0. The highest BCUT2D eigenvalue weighted by Crippen LogP contribution is 2.30. The molecule has 1 unspecified atom stereocenters. The van der Waals surface area contributed by atoms with E-state index < -0.39 is 5.92 Å². The van der Waals surface area contributed by atoms with Gasteiger partial charge in [0, 0.05) is 5.54 Å². The van der Waals surface area contributed by atoms with E-state index in [1.54, 1.807) is 12.1 Å². The molecule has 4 N–H and O–H groups in total. The third-order valence-electron chi connectivity index (χ3n) is 3.94. The molecule has 0 saturated heterocycles. The topological polar surface area (TPSA) is 87.7 Å². The summed E-state index contributed by atoms with van der Waals surface area (Å²) in [4.78, 5) is 12.5. The minimum Gasteiger partial charge on any atom is -0.409 e. The Morgan fingerprint density at radius 3 is 2.50 bits per heavy atom. The second-order valence-electron chi connectivity index (χ2n) is 5.63. The molecule has 1 amide bonds. The van der Waals surface area contributed by atoms with Gasteiger partial charge in [0.25, 0.3) is 0 Å². The van der Waals surface area contributed by atoms with Crippen LogP contribution in [0.5, 0.6) is 0 Å². The number of amides is 1. The number of amidine groups is 1. The predicted octanol–water partition coefficient (Wildman–Crippen LogP) is 1.97. The number of benzene rings is 1. The van der Waals surface area contributed by atoms with E-state index in [0.717, 1.165) is 31.2 Å². The summed E-state index contributed by atoms with van der Waals surface area (Å²) in [5.41, 5.74) is 6.25. The highest BCUT2D eigenvalue weighted by atomic mass is 16.4. The van der Waals surface area contributed by atoms with Crippen molar-refractivity contribution in [3.05, 3.63) is 35.9 Å². The lowest BCUT2D eigenvalue weighted by atomic mass is 9.94. The molecule has 0 aromatic heterocycles. The van der Waals surface area contributed by atoms with Crippen LogP contribution in [0.25, 0.3) is 0 Å². The lowest BCUT2D eigenvalue weighted by Crippen LogP contribution is -2.48. The van der Waals surface area contributed by atoms with Crippen molar-refractivity contribution in [2.24, 2.45) is 10.9 Å². The van der Waals surface area contributed by atoms with E-state index in [4.69, 9.17) is 10.9 Å². The van der Waals surface area contributed by atoms with Crippen molar-refractivity contribution in [3.63, 3.8) is 0 Å². The molecule has 0 heterocycles. The van der Waals surface area contributed by atoms with Crippen LogP contribution in [0.1, 0.15) is 44.1 Å². The van der Waals surface area contributed by atoms with Crippen molar-refractivity contribution in [1.29, 1.82) is 0 Å². The molecule has 1 aromatic rings. The van der Waals surface area contributed by atoms with E-state index in [9.17, 15) is 4.79 Å². The molecule has 1 aromatic carbocycles. The van der Waals surface area contributed by atoms with Crippen LogP contribution in [0.2, 0.25) is 0 Å². The molecule has 5 heteroatoms. The fourth-order valence-electron chi connectivity index (χ4n) is 2.81. The van der Waals surface area contributed by atoms with E-state index in [1.807, 2.05) is 25.1 Å². The number of rotatable bonds is 4. The first-order valence-corrected chi connectivity index (χ1v) is 6.90. The summed E-state index contributed by atoms with van der Waals surface area (Å²) in [6, 6.07) is 9.14. The Kier molecular flexibility index (Phi) is 4.27. The highest BCUT2D eigenvalue weighted by Gasteiger charge is 2.34. The molecule has 0 spiro atoms. The SMILES string of the molecule is CC1(NC(=O)C(C(N)=NO)c2ccccc2)CCCC1. The van der Waals surface area contributed by atoms with Gasteiger partial charge in [-0.2, -0.15) is 0 Å². The molecule has 5 nitrogen and oxygen atoms in total. The molecule has 1 aliphatic rings. The summed E-state index contributed by atoms with van der Waals surface area (Å²) in [5, 5.41) is 15.0. The Balaban J connectivity index is 2.21. The zero-order valence-electron chi connectivity index (χ0n) is 11.7. The van der Waals surface area contributed by atoms with Gasteiger partial charge < -0.3 is 16.3 Å². The van der Waals surface area contributed by atoms with E-state index in [1.165, 1.54) is 0 Å². The Hall–Kier alpha value is -2.04. The lowest BCUT2D eigenvalue weighted by molar-refractivity contribution is -0.122. The van der Waals surface area contributed by atoms with Crippen LogP contribution in [0.4, 0.5) is 0 Å². The van der Waals surface area contributed by atoms with Gasteiger partial charge in [-0.05, 0) is 25.3 Å². The lowest BCUT2D eigenvalue weighted by Gasteiger charge is -2.28. The Morgan fingerprint density at radius 1 is 1.35 bits per heavy atom. The van der Waals surface area contributed by atoms with Gasteiger partial charge >= 0.3 is 0 Å². The third kappa shape index (κ3) is 3.10. The molecule has 1 atom stereocenters. The average Bonchev–Trinajstić information content (AvgIpc) is 2.86. The average molecular weight is 275 g/mol. The quantitative estimate of drug-likeness (QED) is 0.340. The van der Waals surface area contributed by atoms with E-state index in [2.05, 4.69) is 10.5 Å². The van der Waals surface area contributed by atoms with Crippen molar-refractivity contribution in [1.82, 2.24) is 5.32 Å². The van der Waals surface area contributed by atoms with Crippen molar-refractivity contribution in [2.45, 2.75) is 44.1 Å². The summed E-state index contributed by atoms with van der Waals surface area (Å²) < 4.78 is 0.